The van der Waals surface area contributed by atoms with Crippen molar-refractivity contribution >= 4 is 5.78 Å². The maximum absolute atomic E-state index is 13.2. The highest BCUT2D eigenvalue weighted by Crippen LogP contribution is 2.35. The van der Waals surface area contributed by atoms with Gasteiger partial charge in [-0.25, -0.2) is 8.78 Å². The number of rotatable bonds is 2. The second-order valence-corrected chi connectivity index (χ2v) is 4.43. The van der Waals surface area contributed by atoms with E-state index in [1.165, 1.54) is 6.92 Å². The van der Waals surface area contributed by atoms with E-state index in [0.29, 0.717) is 12.8 Å². The van der Waals surface area contributed by atoms with E-state index in [0.717, 1.165) is 19.3 Å². The smallest absolute Gasteiger partial charge is 0.248 e. The van der Waals surface area contributed by atoms with Crippen LogP contribution in [0.4, 0.5) is 8.78 Å². The van der Waals surface area contributed by atoms with Crippen LogP contribution in [0.5, 0.6) is 0 Å². The van der Waals surface area contributed by atoms with Gasteiger partial charge in [-0.1, -0.05) is 12.8 Å². The van der Waals surface area contributed by atoms with Crippen molar-refractivity contribution in [3.63, 3.8) is 0 Å². The van der Waals surface area contributed by atoms with Crippen LogP contribution in [0.2, 0.25) is 0 Å². The Labute approximate surface area is 83.9 Å². The molecule has 1 rings (SSSR count). The number of Topliss-reactive ketones (excluding diaryl/α,β-unsaturated/α-hetero) is 1. The lowest BCUT2D eigenvalue weighted by molar-refractivity contribution is -0.119. The molecule has 0 radical (unpaired) electrons. The second-order valence-electron chi connectivity index (χ2n) is 4.43. The Morgan fingerprint density at radius 1 is 1.36 bits per heavy atom. The van der Waals surface area contributed by atoms with Gasteiger partial charge in [-0.2, -0.15) is 0 Å². The van der Waals surface area contributed by atoms with E-state index in [1.54, 1.807) is 0 Å². The van der Waals surface area contributed by atoms with Gasteiger partial charge in [0.25, 0.3) is 0 Å². The predicted molar refractivity (Wildman–Crippen MR) is 51.4 cm³/mol. The molecule has 0 aromatic rings. The van der Waals surface area contributed by atoms with E-state index in [1.807, 2.05) is 0 Å². The summed E-state index contributed by atoms with van der Waals surface area (Å²) in [6.07, 6.45) is 3.52. The molecule has 0 spiro atoms. The van der Waals surface area contributed by atoms with Gasteiger partial charge in [-0.15, -0.1) is 0 Å². The summed E-state index contributed by atoms with van der Waals surface area (Å²) >= 11 is 0. The molecule has 0 aromatic heterocycles. The number of ketones is 1. The van der Waals surface area contributed by atoms with Crippen LogP contribution in [0, 0.1) is 5.92 Å². The van der Waals surface area contributed by atoms with Crippen LogP contribution in [0.3, 0.4) is 0 Å². The number of carbonyl (C=O) groups is 1. The Bertz CT molecular complexity index is 201. The van der Waals surface area contributed by atoms with E-state index < -0.39 is 5.92 Å². The Morgan fingerprint density at radius 3 is 2.71 bits per heavy atom. The van der Waals surface area contributed by atoms with Gasteiger partial charge >= 0.3 is 0 Å². The number of hydrogen-bond acceptors (Lipinski definition) is 1. The molecule has 0 aromatic carbocycles. The first-order chi connectivity index (χ1) is 6.49. The summed E-state index contributed by atoms with van der Waals surface area (Å²) in [6, 6.07) is 0. The maximum Gasteiger partial charge on any atom is 0.248 e. The molecule has 1 aliphatic carbocycles. The molecule has 1 fully saturated rings. The van der Waals surface area contributed by atoms with Gasteiger partial charge in [0.1, 0.15) is 5.78 Å². The van der Waals surface area contributed by atoms with Crippen molar-refractivity contribution in [1.82, 2.24) is 0 Å². The lowest BCUT2D eigenvalue weighted by Gasteiger charge is -2.25. The third kappa shape index (κ3) is 4.16. The van der Waals surface area contributed by atoms with Crippen LogP contribution in [0.1, 0.15) is 51.9 Å². The van der Waals surface area contributed by atoms with E-state index in [9.17, 15) is 13.6 Å². The molecule has 1 unspecified atom stereocenters. The molecule has 0 bridgehead atoms. The Kier molecular flexibility index (Phi) is 4.02. The van der Waals surface area contributed by atoms with Gasteiger partial charge in [0, 0.05) is 19.3 Å². The van der Waals surface area contributed by atoms with Crippen molar-refractivity contribution in [2.24, 2.45) is 5.92 Å². The van der Waals surface area contributed by atoms with Crippen LogP contribution in [0.15, 0.2) is 0 Å². The largest absolute Gasteiger partial charge is 0.300 e. The van der Waals surface area contributed by atoms with Crippen LogP contribution in [0.25, 0.3) is 0 Å². The summed E-state index contributed by atoms with van der Waals surface area (Å²) in [5, 5.41) is 0. The standard InChI is InChI=1S/C11H18F2O/c1-9(14)7-10-5-3-2-4-6-11(12,13)8-10/h10H,2-8H2,1H3. The van der Waals surface area contributed by atoms with E-state index in [2.05, 4.69) is 0 Å². The van der Waals surface area contributed by atoms with Crippen molar-refractivity contribution in [1.29, 1.82) is 0 Å². The lowest BCUT2D eigenvalue weighted by atomic mass is 9.86. The normalized spacial score (nSPS) is 27.8. The second kappa shape index (κ2) is 4.85. The molecule has 14 heavy (non-hydrogen) atoms. The first-order valence-corrected chi connectivity index (χ1v) is 5.37. The molecule has 1 saturated carbocycles. The SMILES string of the molecule is CC(=O)CC1CCCCCC(F)(F)C1. The van der Waals surface area contributed by atoms with E-state index in [-0.39, 0.29) is 24.5 Å². The zero-order valence-electron chi connectivity index (χ0n) is 8.69. The van der Waals surface area contributed by atoms with Gasteiger partial charge < -0.3 is 4.79 Å². The van der Waals surface area contributed by atoms with Crippen molar-refractivity contribution in [2.75, 3.05) is 0 Å². The molecule has 1 aliphatic rings. The maximum atomic E-state index is 13.2. The summed E-state index contributed by atoms with van der Waals surface area (Å²) in [4.78, 5) is 10.9. The highest BCUT2D eigenvalue weighted by atomic mass is 19.3. The summed E-state index contributed by atoms with van der Waals surface area (Å²) in [5.74, 6) is -2.60. The molecular formula is C11H18F2O. The zero-order chi connectivity index (χ0) is 10.6. The summed E-state index contributed by atoms with van der Waals surface area (Å²) < 4.78 is 26.5. The Morgan fingerprint density at radius 2 is 2.07 bits per heavy atom. The summed E-state index contributed by atoms with van der Waals surface area (Å²) in [6.45, 7) is 1.48. The van der Waals surface area contributed by atoms with Gasteiger partial charge in [0.2, 0.25) is 5.92 Å². The number of carbonyl (C=O) groups excluding carboxylic acids is 1. The Balaban J connectivity index is 2.50. The van der Waals surface area contributed by atoms with Gasteiger partial charge in [0.05, 0.1) is 0 Å². The number of alkyl halides is 2. The fourth-order valence-corrected chi connectivity index (χ4v) is 2.20. The molecule has 0 saturated heterocycles. The van der Waals surface area contributed by atoms with Crippen molar-refractivity contribution in [3.8, 4) is 0 Å². The van der Waals surface area contributed by atoms with Gasteiger partial charge in [-0.3, -0.25) is 0 Å². The predicted octanol–water partition coefficient (Wildman–Crippen LogP) is 3.57. The van der Waals surface area contributed by atoms with Gasteiger partial charge in [0.15, 0.2) is 0 Å². The Hall–Kier alpha value is -0.470. The van der Waals surface area contributed by atoms with Crippen LogP contribution < -0.4 is 0 Å². The first kappa shape index (κ1) is 11.6. The topological polar surface area (TPSA) is 17.1 Å². The minimum atomic E-state index is -2.54. The van der Waals surface area contributed by atoms with Crippen molar-refractivity contribution in [3.05, 3.63) is 0 Å². The third-order valence-electron chi connectivity index (χ3n) is 2.82. The average molecular weight is 204 g/mol. The molecule has 1 nitrogen and oxygen atoms in total. The molecule has 3 heteroatoms. The molecule has 0 amide bonds. The van der Waals surface area contributed by atoms with Crippen LogP contribution >= 0.6 is 0 Å². The van der Waals surface area contributed by atoms with Gasteiger partial charge in [-0.05, 0) is 25.7 Å². The van der Waals surface area contributed by atoms with E-state index in [4.69, 9.17) is 0 Å². The fourth-order valence-electron chi connectivity index (χ4n) is 2.20. The first-order valence-electron chi connectivity index (χ1n) is 5.37. The number of halogens is 2. The summed E-state index contributed by atoms with van der Waals surface area (Å²) in [7, 11) is 0. The number of hydrogen-bond donors (Lipinski definition) is 0. The monoisotopic (exact) mass is 204 g/mol. The molecule has 1 atom stereocenters. The summed E-state index contributed by atoms with van der Waals surface area (Å²) in [5.41, 5.74) is 0. The molecular weight excluding hydrogens is 186 g/mol. The van der Waals surface area contributed by atoms with E-state index >= 15 is 0 Å². The molecule has 82 valence electrons. The highest BCUT2D eigenvalue weighted by Gasteiger charge is 2.33. The highest BCUT2D eigenvalue weighted by molar-refractivity contribution is 5.75. The zero-order valence-corrected chi connectivity index (χ0v) is 8.69. The molecule has 0 heterocycles. The third-order valence-corrected chi connectivity index (χ3v) is 2.82. The molecule has 0 N–H and O–H groups in total. The minimum Gasteiger partial charge on any atom is -0.300 e. The van der Waals surface area contributed by atoms with Crippen LogP contribution in [-0.2, 0) is 4.79 Å². The van der Waals surface area contributed by atoms with Crippen LogP contribution in [-0.4, -0.2) is 11.7 Å². The lowest BCUT2D eigenvalue weighted by Crippen LogP contribution is -2.24. The molecule has 0 aliphatic heterocycles. The quantitative estimate of drug-likeness (QED) is 0.672. The van der Waals surface area contributed by atoms with Crippen molar-refractivity contribution in [2.45, 2.75) is 57.8 Å². The average Bonchev–Trinajstić information content (AvgIpc) is 1.98. The minimum absolute atomic E-state index is 0.00139. The van der Waals surface area contributed by atoms with Crippen molar-refractivity contribution < 1.29 is 13.6 Å². The fraction of sp³-hybridized carbons (Fsp3) is 0.909.